The summed E-state index contributed by atoms with van der Waals surface area (Å²) in [6.45, 7) is 7.35. The molecule has 12 heteroatoms. The van der Waals surface area contributed by atoms with Gasteiger partial charge in [0.05, 0.1) is 0 Å². The van der Waals surface area contributed by atoms with Gasteiger partial charge in [-0.15, -0.1) is 0 Å². The van der Waals surface area contributed by atoms with Crippen LogP contribution >= 0.6 is 0 Å². The van der Waals surface area contributed by atoms with Crippen LogP contribution < -0.4 is 5.73 Å². The second kappa shape index (κ2) is 11.0. The Labute approximate surface area is 128 Å². The fraction of sp³-hybridized carbons (Fsp3) is 0.818. The number of aliphatic carboxylic acids is 2. The molecule has 0 rings (SSSR count). The summed E-state index contributed by atoms with van der Waals surface area (Å²) in [6.07, 6.45) is -10.2. The predicted molar refractivity (Wildman–Crippen MR) is 68.8 cm³/mol. The third-order valence-corrected chi connectivity index (χ3v) is 1.94. The maximum atomic E-state index is 10.6. The first-order valence-electron chi connectivity index (χ1n) is 5.98. The average Bonchev–Trinajstić information content (AvgIpc) is 2.26. The number of carboxylic acid groups (broad SMARTS) is 2. The molecule has 23 heavy (non-hydrogen) atoms. The van der Waals surface area contributed by atoms with Crippen molar-refractivity contribution in [1.29, 1.82) is 0 Å². The summed E-state index contributed by atoms with van der Waals surface area (Å²) in [7, 11) is 2.09. The number of alkyl halides is 6. The normalized spacial score (nSPS) is 12.7. The molecule has 0 aliphatic heterocycles. The fourth-order valence-corrected chi connectivity index (χ4v) is 0.665. The zero-order valence-electron chi connectivity index (χ0n) is 12.9. The smallest absolute Gasteiger partial charge is 0.475 e. The van der Waals surface area contributed by atoms with Crippen LogP contribution in [0.3, 0.4) is 0 Å². The van der Waals surface area contributed by atoms with Crippen LogP contribution in [0.4, 0.5) is 26.3 Å². The lowest BCUT2D eigenvalue weighted by Gasteiger charge is -2.22. The molecular formula is C11H20F6N2O4. The number of hydrogen-bond acceptors (Lipinski definition) is 4. The van der Waals surface area contributed by atoms with Gasteiger partial charge in [0, 0.05) is 18.6 Å². The molecule has 0 saturated carbocycles. The molecule has 1 atom stereocenters. The van der Waals surface area contributed by atoms with Crippen LogP contribution in [0.15, 0.2) is 0 Å². The number of rotatable bonds is 3. The molecule has 140 valence electrons. The lowest BCUT2D eigenvalue weighted by Crippen LogP contribution is -2.36. The monoisotopic (exact) mass is 358 g/mol. The van der Waals surface area contributed by atoms with Gasteiger partial charge in [-0.25, -0.2) is 9.59 Å². The van der Waals surface area contributed by atoms with Gasteiger partial charge in [-0.1, -0.05) is 0 Å². The molecule has 6 nitrogen and oxygen atoms in total. The van der Waals surface area contributed by atoms with Crippen LogP contribution in [-0.2, 0) is 9.59 Å². The first-order chi connectivity index (χ1) is 9.92. The van der Waals surface area contributed by atoms with E-state index in [-0.39, 0.29) is 6.04 Å². The highest BCUT2D eigenvalue weighted by Crippen LogP contribution is 2.13. The largest absolute Gasteiger partial charge is 0.490 e. The molecule has 0 unspecified atom stereocenters. The first kappa shape index (κ1) is 26.3. The molecular weight excluding hydrogens is 338 g/mol. The van der Waals surface area contributed by atoms with Crippen molar-refractivity contribution < 1.29 is 46.1 Å². The van der Waals surface area contributed by atoms with Crippen LogP contribution in [0.1, 0.15) is 20.8 Å². The summed E-state index contributed by atoms with van der Waals surface area (Å²) in [4.78, 5) is 20.0. The zero-order valence-corrected chi connectivity index (χ0v) is 12.9. The first-order valence-corrected chi connectivity index (χ1v) is 5.98. The third-order valence-electron chi connectivity index (χ3n) is 1.94. The number of nitrogens with zero attached hydrogens (tertiary/aromatic N) is 1. The second-order valence-corrected chi connectivity index (χ2v) is 4.62. The minimum atomic E-state index is -5.08. The molecule has 0 heterocycles. The lowest BCUT2D eigenvalue weighted by atomic mass is 10.3. The highest BCUT2D eigenvalue weighted by Gasteiger charge is 2.38. The number of hydrogen-bond donors (Lipinski definition) is 3. The van der Waals surface area contributed by atoms with Crippen molar-refractivity contribution in [1.82, 2.24) is 4.90 Å². The minimum Gasteiger partial charge on any atom is -0.475 e. The number of halogens is 6. The molecule has 0 spiro atoms. The van der Waals surface area contributed by atoms with E-state index >= 15 is 0 Å². The van der Waals surface area contributed by atoms with E-state index in [1.54, 1.807) is 0 Å². The predicted octanol–water partition coefficient (Wildman–Crippen LogP) is 1.94. The number of likely N-dealkylation sites (N-methyl/N-ethyl adjacent to an activating group) is 1. The van der Waals surface area contributed by atoms with Gasteiger partial charge in [0.15, 0.2) is 0 Å². The Morgan fingerprint density at radius 3 is 1.22 bits per heavy atom. The van der Waals surface area contributed by atoms with Crippen LogP contribution in [0.5, 0.6) is 0 Å². The van der Waals surface area contributed by atoms with Crippen molar-refractivity contribution in [3.63, 3.8) is 0 Å². The van der Waals surface area contributed by atoms with Crippen molar-refractivity contribution in [2.45, 2.75) is 45.2 Å². The molecule has 0 amide bonds. The molecule has 0 fully saturated rings. The van der Waals surface area contributed by atoms with E-state index in [4.69, 9.17) is 25.5 Å². The van der Waals surface area contributed by atoms with Gasteiger partial charge in [-0.05, 0) is 27.8 Å². The number of nitrogens with two attached hydrogens (primary N) is 1. The third kappa shape index (κ3) is 20.4. The van der Waals surface area contributed by atoms with Crippen LogP contribution in [0.2, 0.25) is 0 Å². The summed E-state index contributed by atoms with van der Waals surface area (Å²) in [5, 5.41) is 14.2. The van der Waals surface area contributed by atoms with E-state index < -0.39 is 24.3 Å². The summed E-state index contributed by atoms with van der Waals surface area (Å²) < 4.78 is 63.5. The summed E-state index contributed by atoms with van der Waals surface area (Å²) in [6, 6.07) is 0.897. The summed E-state index contributed by atoms with van der Waals surface area (Å²) in [5.74, 6) is -5.51. The molecule has 0 saturated heterocycles. The highest BCUT2D eigenvalue weighted by molar-refractivity contribution is 5.73. The number of carbonyl (C=O) groups is 2. The highest BCUT2D eigenvalue weighted by atomic mass is 19.4. The van der Waals surface area contributed by atoms with E-state index in [2.05, 4.69) is 25.8 Å². The molecule has 0 aromatic rings. The molecule has 0 aliphatic rings. The van der Waals surface area contributed by atoms with Crippen molar-refractivity contribution >= 4 is 11.9 Å². The van der Waals surface area contributed by atoms with E-state index in [1.165, 1.54) is 0 Å². The molecule has 0 bridgehead atoms. The Bertz CT molecular complexity index is 331. The maximum absolute atomic E-state index is 10.6. The van der Waals surface area contributed by atoms with Crippen molar-refractivity contribution in [3.05, 3.63) is 0 Å². The van der Waals surface area contributed by atoms with Gasteiger partial charge in [0.1, 0.15) is 0 Å². The Kier molecular flexibility index (Phi) is 12.7. The quantitative estimate of drug-likeness (QED) is 0.666. The molecule has 0 aromatic heterocycles. The SMILES string of the molecule is CC(C)N(C)C[C@@H](C)N.O=C(O)C(F)(F)F.O=C(O)C(F)(F)F. The van der Waals surface area contributed by atoms with E-state index in [0.29, 0.717) is 6.04 Å². The Hall–Kier alpha value is -1.56. The minimum absolute atomic E-state index is 0.289. The van der Waals surface area contributed by atoms with E-state index in [9.17, 15) is 26.3 Å². The Morgan fingerprint density at radius 1 is 0.957 bits per heavy atom. The molecule has 0 aliphatic carbocycles. The van der Waals surface area contributed by atoms with E-state index in [1.807, 2.05) is 6.92 Å². The lowest BCUT2D eigenvalue weighted by molar-refractivity contribution is -0.193. The summed E-state index contributed by atoms with van der Waals surface area (Å²) >= 11 is 0. The second-order valence-electron chi connectivity index (χ2n) is 4.62. The van der Waals surface area contributed by atoms with Crippen LogP contribution in [0.25, 0.3) is 0 Å². The topological polar surface area (TPSA) is 104 Å². The van der Waals surface area contributed by atoms with Crippen LogP contribution in [-0.4, -0.2) is 65.1 Å². The van der Waals surface area contributed by atoms with Crippen LogP contribution in [0, 0.1) is 0 Å². The fourth-order valence-electron chi connectivity index (χ4n) is 0.665. The molecule has 0 radical (unpaired) electrons. The van der Waals surface area contributed by atoms with Crippen molar-refractivity contribution in [2.75, 3.05) is 13.6 Å². The van der Waals surface area contributed by atoms with Gasteiger partial charge in [-0.2, -0.15) is 26.3 Å². The van der Waals surface area contributed by atoms with Crippen molar-refractivity contribution in [3.8, 4) is 0 Å². The van der Waals surface area contributed by atoms with Gasteiger partial charge < -0.3 is 20.8 Å². The zero-order chi connectivity index (χ0) is 19.6. The Morgan fingerprint density at radius 2 is 1.17 bits per heavy atom. The standard InChI is InChI=1S/C7H18N2.2C2HF3O2/c1-6(2)9(4)5-7(3)8;2*3-2(4,5)1(6)7/h6-7H,5,8H2,1-4H3;2*(H,6,7)/t7-;;/m1../s1. The average molecular weight is 358 g/mol. The molecule has 4 N–H and O–H groups in total. The van der Waals surface area contributed by atoms with Gasteiger partial charge in [-0.3, -0.25) is 0 Å². The van der Waals surface area contributed by atoms with Gasteiger partial charge in [0.2, 0.25) is 0 Å². The van der Waals surface area contributed by atoms with E-state index in [0.717, 1.165) is 6.54 Å². The van der Waals surface area contributed by atoms with Gasteiger partial charge in [0.25, 0.3) is 0 Å². The van der Waals surface area contributed by atoms with Crippen molar-refractivity contribution in [2.24, 2.45) is 5.73 Å². The Balaban J connectivity index is -0.000000264. The summed E-state index contributed by atoms with van der Waals surface area (Å²) in [5.41, 5.74) is 5.59. The molecule has 0 aromatic carbocycles. The van der Waals surface area contributed by atoms with Gasteiger partial charge >= 0.3 is 24.3 Å². The number of carboxylic acids is 2. The maximum Gasteiger partial charge on any atom is 0.490 e.